The third kappa shape index (κ3) is 7.35. The second-order valence-corrected chi connectivity index (χ2v) is 5.86. The highest BCUT2D eigenvalue weighted by Gasteiger charge is 2.14. The minimum atomic E-state index is -0.184. The summed E-state index contributed by atoms with van der Waals surface area (Å²) in [7, 11) is 0. The molecule has 0 aliphatic heterocycles. The van der Waals surface area contributed by atoms with Crippen LogP contribution >= 0.6 is 11.8 Å². The van der Waals surface area contributed by atoms with Gasteiger partial charge in [0.15, 0.2) is 0 Å². The molecule has 0 saturated carbocycles. The summed E-state index contributed by atoms with van der Waals surface area (Å²) in [4.78, 5) is 25.7. The Morgan fingerprint density at radius 3 is 2.45 bits per heavy atom. The van der Waals surface area contributed by atoms with Crippen molar-refractivity contribution in [3.63, 3.8) is 0 Å². The van der Waals surface area contributed by atoms with E-state index in [2.05, 4.69) is 34.6 Å². The largest absolute Gasteiger partial charge is 0.330 e. The van der Waals surface area contributed by atoms with E-state index < -0.39 is 0 Å². The first-order valence-electron chi connectivity index (χ1n) is 7.55. The van der Waals surface area contributed by atoms with Crippen LogP contribution in [0.2, 0.25) is 0 Å². The first-order valence-corrected chi connectivity index (χ1v) is 8.36. The molecular formula is C14H23N5O2S. The minimum Gasteiger partial charge on any atom is -0.330 e. The van der Waals surface area contributed by atoms with E-state index in [1.54, 1.807) is 11.0 Å². The van der Waals surface area contributed by atoms with Gasteiger partial charge in [0.05, 0.1) is 12.7 Å². The van der Waals surface area contributed by atoms with E-state index in [4.69, 9.17) is 0 Å². The van der Waals surface area contributed by atoms with Gasteiger partial charge in [-0.25, -0.2) is 4.79 Å². The molecule has 0 spiro atoms. The fourth-order valence-corrected chi connectivity index (χ4v) is 2.29. The Labute approximate surface area is 135 Å². The second kappa shape index (κ2) is 10.9. The third-order valence-electron chi connectivity index (χ3n) is 2.93. The lowest BCUT2D eigenvalue weighted by Gasteiger charge is -2.22. The van der Waals surface area contributed by atoms with Crippen LogP contribution in [-0.4, -0.2) is 51.1 Å². The zero-order valence-electron chi connectivity index (χ0n) is 13.1. The van der Waals surface area contributed by atoms with Crippen molar-refractivity contribution in [2.45, 2.75) is 44.6 Å². The van der Waals surface area contributed by atoms with E-state index >= 15 is 0 Å². The number of thioether (sulfide) groups is 1. The van der Waals surface area contributed by atoms with Crippen molar-refractivity contribution in [2.24, 2.45) is 0 Å². The Hall–Kier alpha value is -1.70. The number of urea groups is 1. The van der Waals surface area contributed by atoms with Crippen molar-refractivity contribution >= 4 is 22.9 Å². The smallest absolute Gasteiger partial charge is 0.317 e. The lowest BCUT2D eigenvalue weighted by molar-refractivity contribution is -0.110. The molecule has 0 radical (unpaired) electrons. The molecule has 1 heterocycles. The van der Waals surface area contributed by atoms with E-state index in [1.165, 1.54) is 6.20 Å². The van der Waals surface area contributed by atoms with Gasteiger partial charge in [-0.3, -0.25) is 4.79 Å². The van der Waals surface area contributed by atoms with Gasteiger partial charge in [-0.1, -0.05) is 26.7 Å². The SMILES string of the molecule is CCCCN(CCCC)C(=O)NCC(=O)Sc1ccnnn1. The fraction of sp³-hybridized carbons (Fsp3) is 0.643. The Kier molecular flexibility index (Phi) is 9.13. The van der Waals surface area contributed by atoms with E-state index in [0.717, 1.165) is 50.5 Å². The van der Waals surface area contributed by atoms with Gasteiger partial charge in [0.25, 0.3) is 0 Å². The lowest BCUT2D eigenvalue weighted by Crippen LogP contribution is -2.42. The molecule has 0 aromatic carbocycles. The summed E-state index contributed by atoms with van der Waals surface area (Å²) < 4.78 is 0. The zero-order valence-corrected chi connectivity index (χ0v) is 13.9. The van der Waals surface area contributed by atoms with E-state index in [0.29, 0.717) is 5.03 Å². The van der Waals surface area contributed by atoms with Gasteiger partial charge in [-0.2, -0.15) is 0 Å². The Morgan fingerprint density at radius 2 is 1.91 bits per heavy atom. The van der Waals surface area contributed by atoms with Crippen LogP contribution in [0.15, 0.2) is 17.3 Å². The predicted octanol–water partition coefficient (Wildman–Crippen LogP) is 2.10. The number of hydrogen-bond acceptors (Lipinski definition) is 6. The molecule has 0 fully saturated rings. The Morgan fingerprint density at radius 1 is 1.23 bits per heavy atom. The molecule has 2 amide bonds. The van der Waals surface area contributed by atoms with Gasteiger partial charge in [-0.15, -0.1) is 10.2 Å². The molecule has 0 atom stereocenters. The van der Waals surface area contributed by atoms with Crippen molar-refractivity contribution in [1.29, 1.82) is 0 Å². The molecular weight excluding hydrogens is 302 g/mol. The monoisotopic (exact) mass is 325 g/mol. The van der Waals surface area contributed by atoms with Crippen LogP contribution in [-0.2, 0) is 4.79 Å². The van der Waals surface area contributed by atoms with Gasteiger partial charge < -0.3 is 10.2 Å². The van der Waals surface area contributed by atoms with Crippen LogP contribution in [0, 0.1) is 0 Å². The zero-order chi connectivity index (χ0) is 16.2. The highest BCUT2D eigenvalue weighted by molar-refractivity contribution is 8.13. The molecule has 1 aromatic heterocycles. The Bertz CT molecular complexity index is 450. The summed E-state index contributed by atoms with van der Waals surface area (Å²) in [6, 6.07) is 1.42. The minimum absolute atomic E-state index is 0.0255. The topological polar surface area (TPSA) is 88.1 Å². The quantitative estimate of drug-likeness (QED) is 0.700. The molecule has 8 heteroatoms. The number of nitrogens with zero attached hydrogens (tertiary/aromatic N) is 4. The molecule has 0 bridgehead atoms. The van der Waals surface area contributed by atoms with Crippen LogP contribution in [0.25, 0.3) is 0 Å². The number of carbonyl (C=O) groups is 2. The fourth-order valence-electron chi connectivity index (χ4n) is 1.71. The van der Waals surface area contributed by atoms with Crippen LogP contribution in [0.1, 0.15) is 39.5 Å². The second-order valence-electron chi connectivity index (χ2n) is 4.79. The molecule has 22 heavy (non-hydrogen) atoms. The highest BCUT2D eigenvalue weighted by Crippen LogP contribution is 2.13. The molecule has 0 aliphatic rings. The van der Waals surface area contributed by atoms with Gasteiger partial charge in [0.2, 0.25) is 5.12 Å². The van der Waals surface area contributed by atoms with Crippen molar-refractivity contribution in [1.82, 2.24) is 25.6 Å². The molecule has 1 N–H and O–H groups in total. The molecule has 0 aliphatic carbocycles. The maximum atomic E-state index is 12.1. The number of aromatic nitrogens is 3. The van der Waals surface area contributed by atoms with Crippen LogP contribution in [0.4, 0.5) is 4.79 Å². The summed E-state index contributed by atoms with van der Waals surface area (Å²) in [5.41, 5.74) is 0. The van der Waals surface area contributed by atoms with Crippen LogP contribution in [0.3, 0.4) is 0 Å². The van der Waals surface area contributed by atoms with E-state index in [-0.39, 0.29) is 17.7 Å². The lowest BCUT2D eigenvalue weighted by atomic mass is 10.3. The summed E-state index contributed by atoms with van der Waals surface area (Å²) in [6.07, 6.45) is 5.47. The molecule has 122 valence electrons. The van der Waals surface area contributed by atoms with E-state index in [9.17, 15) is 9.59 Å². The number of rotatable bonds is 9. The third-order valence-corrected chi connectivity index (χ3v) is 3.73. The molecule has 7 nitrogen and oxygen atoms in total. The van der Waals surface area contributed by atoms with Crippen LogP contribution in [0.5, 0.6) is 0 Å². The molecule has 0 saturated heterocycles. The number of unbranched alkanes of at least 4 members (excludes halogenated alkanes) is 2. The normalized spacial score (nSPS) is 10.3. The average Bonchev–Trinajstić information content (AvgIpc) is 2.54. The maximum absolute atomic E-state index is 12.1. The standard InChI is InChI=1S/C14H23N5O2S/c1-3-5-9-19(10-6-4-2)14(21)15-11-13(20)22-12-7-8-16-18-17-12/h7-8H,3-6,9-11H2,1-2H3,(H,15,21). The highest BCUT2D eigenvalue weighted by atomic mass is 32.2. The summed E-state index contributed by atoms with van der Waals surface area (Å²) in [6.45, 7) is 5.60. The first-order chi connectivity index (χ1) is 10.7. The average molecular weight is 325 g/mol. The van der Waals surface area contributed by atoms with Crippen molar-refractivity contribution in [2.75, 3.05) is 19.6 Å². The Balaban J connectivity index is 2.39. The number of carbonyl (C=O) groups excluding carboxylic acids is 2. The summed E-state index contributed by atoms with van der Waals surface area (Å²) in [5, 5.41) is 13.7. The van der Waals surface area contributed by atoms with E-state index in [1.807, 2.05) is 0 Å². The van der Waals surface area contributed by atoms with Crippen molar-refractivity contribution in [3.8, 4) is 0 Å². The number of nitrogens with one attached hydrogen (secondary N) is 1. The van der Waals surface area contributed by atoms with Gasteiger partial charge in [0.1, 0.15) is 5.03 Å². The van der Waals surface area contributed by atoms with Gasteiger partial charge in [0, 0.05) is 13.1 Å². The van der Waals surface area contributed by atoms with Crippen molar-refractivity contribution < 1.29 is 9.59 Å². The first kappa shape index (κ1) is 18.3. The van der Waals surface area contributed by atoms with Crippen LogP contribution < -0.4 is 5.32 Å². The molecule has 1 aromatic rings. The maximum Gasteiger partial charge on any atom is 0.317 e. The molecule has 0 unspecified atom stereocenters. The van der Waals surface area contributed by atoms with Gasteiger partial charge >= 0.3 is 6.03 Å². The summed E-state index contributed by atoms with van der Waals surface area (Å²) in [5.74, 6) is 0. The van der Waals surface area contributed by atoms with Gasteiger partial charge in [-0.05, 0) is 35.9 Å². The van der Waals surface area contributed by atoms with Crippen molar-refractivity contribution in [3.05, 3.63) is 12.3 Å². The number of amides is 2. The predicted molar refractivity (Wildman–Crippen MR) is 85.5 cm³/mol. The number of hydrogen-bond donors (Lipinski definition) is 1. The molecule has 1 rings (SSSR count). The summed E-state index contributed by atoms with van der Waals surface area (Å²) >= 11 is 0.947.